The van der Waals surface area contributed by atoms with Gasteiger partial charge in [0.2, 0.25) is 0 Å². The average molecular weight is 152 g/mol. The van der Waals surface area contributed by atoms with Crippen LogP contribution in [0.4, 0.5) is 0 Å². The number of hydrogen-bond donors (Lipinski definition) is 3. The van der Waals surface area contributed by atoms with E-state index in [4.69, 9.17) is 5.73 Å². The highest BCUT2D eigenvalue weighted by Gasteiger charge is 2.23. The van der Waals surface area contributed by atoms with Crippen LogP contribution >= 0.6 is 0 Å². The zero-order chi connectivity index (χ0) is 7.84. The topological polar surface area (TPSA) is 62.0 Å². The van der Waals surface area contributed by atoms with Crippen LogP contribution in [0.25, 0.3) is 0 Å². The van der Waals surface area contributed by atoms with Gasteiger partial charge in [-0.05, 0) is 12.5 Å². The second-order valence-corrected chi connectivity index (χ2v) is 3.13. The molecule has 0 amide bonds. The molecule has 0 saturated carbocycles. The minimum absolute atomic E-state index is 0.108. The molecule has 0 bridgehead atoms. The fourth-order valence-corrected chi connectivity index (χ4v) is 1.66. The van der Waals surface area contributed by atoms with Crippen LogP contribution in [0.3, 0.4) is 0 Å². The summed E-state index contributed by atoms with van der Waals surface area (Å²) in [5, 5.41) is 9.52. The minimum Gasteiger partial charge on any atom is -0.388 e. The summed E-state index contributed by atoms with van der Waals surface area (Å²) >= 11 is 0. The summed E-state index contributed by atoms with van der Waals surface area (Å²) in [5.74, 6) is 0. The molecule has 0 aliphatic heterocycles. The van der Waals surface area contributed by atoms with E-state index in [1.165, 1.54) is 0 Å². The molecule has 0 fully saturated rings. The molecule has 2 atom stereocenters. The number of aromatic nitrogens is 1. The van der Waals surface area contributed by atoms with Gasteiger partial charge in [-0.2, -0.15) is 0 Å². The molecule has 3 heteroatoms. The predicted octanol–water partition coefficient (Wildman–Crippen LogP) is 0.322. The normalized spacial score (nSPS) is 30.0. The number of aliphatic hydroxyl groups is 1. The predicted molar refractivity (Wildman–Crippen MR) is 42.0 cm³/mol. The second-order valence-electron chi connectivity index (χ2n) is 3.13. The van der Waals surface area contributed by atoms with Crippen LogP contribution in [0.15, 0.2) is 12.3 Å². The third-order valence-electron chi connectivity index (χ3n) is 2.22. The molecule has 1 aromatic rings. The molecular formula is C8H12N2O. The molecule has 0 radical (unpaired) electrons. The van der Waals surface area contributed by atoms with Gasteiger partial charge in [-0.3, -0.25) is 0 Å². The zero-order valence-electron chi connectivity index (χ0n) is 6.25. The third-order valence-corrected chi connectivity index (χ3v) is 2.22. The Morgan fingerprint density at radius 3 is 3.27 bits per heavy atom. The van der Waals surface area contributed by atoms with Crippen LogP contribution in [0, 0.1) is 0 Å². The Morgan fingerprint density at radius 1 is 1.64 bits per heavy atom. The molecule has 1 aliphatic rings. The highest BCUT2D eigenvalue weighted by molar-refractivity contribution is 5.26. The van der Waals surface area contributed by atoms with Crippen LogP contribution in [0.2, 0.25) is 0 Å². The first-order valence-electron chi connectivity index (χ1n) is 3.87. The first-order chi connectivity index (χ1) is 5.27. The van der Waals surface area contributed by atoms with Gasteiger partial charge in [0.05, 0.1) is 6.10 Å². The van der Waals surface area contributed by atoms with Gasteiger partial charge in [-0.1, -0.05) is 0 Å². The van der Waals surface area contributed by atoms with Crippen LogP contribution in [-0.2, 0) is 6.42 Å². The Hall–Kier alpha value is -0.800. The molecule has 0 spiro atoms. The van der Waals surface area contributed by atoms with Gasteiger partial charge in [0, 0.05) is 29.9 Å². The first-order valence-corrected chi connectivity index (χ1v) is 3.87. The van der Waals surface area contributed by atoms with Gasteiger partial charge >= 0.3 is 0 Å². The maximum absolute atomic E-state index is 9.52. The van der Waals surface area contributed by atoms with E-state index >= 15 is 0 Å². The SMILES string of the molecule is NC1Cc2[nH]ccc2C(O)C1. The lowest BCUT2D eigenvalue weighted by Crippen LogP contribution is -2.30. The monoisotopic (exact) mass is 152 g/mol. The summed E-state index contributed by atoms with van der Waals surface area (Å²) < 4.78 is 0. The van der Waals surface area contributed by atoms with Crippen LogP contribution in [0.5, 0.6) is 0 Å². The zero-order valence-corrected chi connectivity index (χ0v) is 6.25. The van der Waals surface area contributed by atoms with E-state index in [-0.39, 0.29) is 12.1 Å². The first kappa shape index (κ1) is 6.88. The molecular weight excluding hydrogens is 140 g/mol. The third kappa shape index (κ3) is 1.06. The number of nitrogens with two attached hydrogens (primary N) is 1. The molecule has 2 unspecified atom stereocenters. The molecule has 2 rings (SSSR count). The lowest BCUT2D eigenvalue weighted by atomic mass is 9.92. The smallest absolute Gasteiger partial charge is 0.0822 e. The van der Waals surface area contributed by atoms with Gasteiger partial charge in [-0.15, -0.1) is 0 Å². The number of hydrogen-bond acceptors (Lipinski definition) is 2. The summed E-state index contributed by atoms with van der Waals surface area (Å²) in [7, 11) is 0. The van der Waals surface area contributed by atoms with Crippen molar-refractivity contribution < 1.29 is 5.11 Å². The van der Waals surface area contributed by atoms with Crippen molar-refractivity contribution in [3.8, 4) is 0 Å². The summed E-state index contributed by atoms with van der Waals surface area (Å²) in [6, 6.07) is 2.03. The minimum atomic E-state index is -0.361. The van der Waals surface area contributed by atoms with Crippen LogP contribution < -0.4 is 5.73 Å². The van der Waals surface area contributed by atoms with Gasteiger partial charge in [0.15, 0.2) is 0 Å². The van der Waals surface area contributed by atoms with Crippen molar-refractivity contribution in [2.45, 2.75) is 25.0 Å². The van der Waals surface area contributed by atoms with Crippen LogP contribution in [-0.4, -0.2) is 16.1 Å². The Bertz CT molecular complexity index is 256. The maximum atomic E-state index is 9.52. The summed E-state index contributed by atoms with van der Waals surface area (Å²) in [4.78, 5) is 3.08. The van der Waals surface area contributed by atoms with E-state index in [0.717, 1.165) is 17.7 Å². The van der Waals surface area contributed by atoms with Gasteiger partial charge in [0.1, 0.15) is 0 Å². The number of H-pyrrole nitrogens is 1. The largest absolute Gasteiger partial charge is 0.388 e. The van der Waals surface area contributed by atoms with E-state index < -0.39 is 0 Å². The van der Waals surface area contributed by atoms with Crippen molar-refractivity contribution in [2.24, 2.45) is 5.73 Å². The second kappa shape index (κ2) is 2.36. The van der Waals surface area contributed by atoms with Crippen LogP contribution in [0.1, 0.15) is 23.8 Å². The molecule has 60 valence electrons. The lowest BCUT2D eigenvalue weighted by Gasteiger charge is -2.22. The summed E-state index contributed by atoms with van der Waals surface area (Å²) in [6.07, 6.45) is 3.04. The highest BCUT2D eigenvalue weighted by Crippen LogP contribution is 2.27. The molecule has 1 aromatic heterocycles. The van der Waals surface area contributed by atoms with Crippen molar-refractivity contribution in [1.29, 1.82) is 0 Å². The molecule has 1 aliphatic carbocycles. The Morgan fingerprint density at radius 2 is 2.45 bits per heavy atom. The molecule has 11 heavy (non-hydrogen) atoms. The van der Waals surface area contributed by atoms with Gasteiger partial charge in [-0.25, -0.2) is 0 Å². The number of aliphatic hydroxyl groups excluding tert-OH is 1. The molecule has 0 saturated heterocycles. The van der Waals surface area contributed by atoms with E-state index in [2.05, 4.69) is 4.98 Å². The molecule has 4 N–H and O–H groups in total. The number of fused-ring (bicyclic) bond motifs is 1. The quantitative estimate of drug-likeness (QED) is 0.501. The Labute approximate surface area is 65.2 Å². The number of nitrogens with one attached hydrogen (secondary N) is 1. The van der Waals surface area contributed by atoms with Crippen molar-refractivity contribution >= 4 is 0 Å². The van der Waals surface area contributed by atoms with Crippen molar-refractivity contribution in [2.75, 3.05) is 0 Å². The van der Waals surface area contributed by atoms with E-state index in [1.807, 2.05) is 12.3 Å². The van der Waals surface area contributed by atoms with Crippen molar-refractivity contribution in [3.63, 3.8) is 0 Å². The van der Waals surface area contributed by atoms with Gasteiger partial charge in [0.25, 0.3) is 0 Å². The van der Waals surface area contributed by atoms with Crippen molar-refractivity contribution in [3.05, 3.63) is 23.5 Å². The van der Waals surface area contributed by atoms with Gasteiger partial charge < -0.3 is 15.8 Å². The van der Waals surface area contributed by atoms with E-state index in [0.29, 0.717) is 6.42 Å². The number of rotatable bonds is 0. The summed E-state index contributed by atoms with van der Waals surface area (Å²) in [5.41, 5.74) is 7.83. The highest BCUT2D eigenvalue weighted by atomic mass is 16.3. The maximum Gasteiger partial charge on any atom is 0.0822 e. The average Bonchev–Trinajstić information content (AvgIpc) is 2.34. The fourth-order valence-electron chi connectivity index (χ4n) is 1.66. The lowest BCUT2D eigenvalue weighted by molar-refractivity contribution is 0.148. The van der Waals surface area contributed by atoms with E-state index in [9.17, 15) is 5.11 Å². The summed E-state index contributed by atoms with van der Waals surface area (Å²) in [6.45, 7) is 0. The Kier molecular flexibility index (Phi) is 1.47. The molecule has 1 heterocycles. The van der Waals surface area contributed by atoms with Crippen molar-refractivity contribution in [1.82, 2.24) is 4.98 Å². The fraction of sp³-hybridized carbons (Fsp3) is 0.500. The number of aromatic amines is 1. The standard InChI is InChI=1S/C8H12N2O/c9-5-3-7-6(1-2-10-7)8(11)4-5/h1-2,5,8,10-11H,3-4,9H2. The molecule has 0 aromatic carbocycles. The molecule has 3 nitrogen and oxygen atoms in total. The Balaban J connectivity index is 2.36. The van der Waals surface area contributed by atoms with E-state index in [1.54, 1.807) is 0 Å².